The second-order valence-electron chi connectivity index (χ2n) is 16.1. The summed E-state index contributed by atoms with van der Waals surface area (Å²) in [7, 11) is -4.08. The van der Waals surface area contributed by atoms with Gasteiger partial charge in [-0.3, -0.25) is 9.35 Å². The number of aromatic nitrogens is 2. The van der Waals surface area contributed by atoms with Crippen molar-refractivity contribution < 1.29 is 17.8 Å². The van der Waals surface area contributed by atoms with E-state index in [1.54, 1.807) is 0 Å². The average molecular weight is 691 g/mol. The molecule has 1 aromatic heterocycles. The molecule has 7 heteroatoms. The number of benzene rings is 4. The zero-order valence-electron chi connectivity index (χ0n) is 30.0. The minimum absolute atomic E-state index is 0.0463. The third-order valence-corrected chi connectivity index (χ3v) is 11.4. The smallest absolute Gasteiger partial charge is 0.264 e. The molecule has 0 radical (unpaired) electrons. The summed E-state index contributed by atoms with van der Waals surface area (Å²) in [5.74, 6) is 0.883. The summed E-state index contributed by atoms with van der Waals surface area (Å²) in [6.45, 7) is 11.4. The van der Waals surface area contributed by atoms with Crippen LogP contribution < -0.4 is 0 Å². The van der Waals surface area contributed by atoms with Gasteiger partial charge in [0.15, 0.2) is 5.78 Å². The van der Waals surface area contributed by atoms with E-state index in [1.807, 2.05) is 24.3 Å². The molecule has 2 N–H and O–H groups in total. The quantitative estimate of drug-likeness (QED) is 0.106. The second-order valence-corrected chi connectivity index (χ2v) is 17.6. The lowest BCUT2D eigenvalue weighted by Crippen LogP contribution is -2.20. The highest BCUT2D eigenvalue weighted by Crippen LogP contribution is 2.43. The standard InChI is InChI=1S/C43H50N2O4S/c1-42(2,3)36-19-16-31(17-20-36)30-12-14-33(15-13-30)37(27-29-8-10-34(11-9-29)40(46)7-6-26-50(47,48)49)41-44-38-21-18-35(28-39(38)45-41)32-22-24-43(4,5)25-23-32/h8-21,28,32,37H,6-7,22-27H2,1-5H3,(H,44,45)(H,47,48,49). The molecule has 0 bridgehead atoms. The zero-order valence-corrected chi connectivity index (χ0v) is 30.8. The summed E-state index contributed by atoms with van der Waals surface area (Å²) < 4.78 is 31.1. The van der Waals surface area contributed by atoms with E-state index in [0.29, 0.717) is 23.3 Å². The Morgan fingerprint density at radius 3 is 2.12 bits per heavy atom. The van der Waals surface area contributed by atoms with Crippen molar-refractivity contribution in [1.29, 1.82) is 0 Å². The number of rotatable bonds is 11. The molecule has 0 spiro atoms. The first-order chi connectivity index (χ1) is 23.6. The molecule has 0 aliphatic heterocycles. The third kappa shape index (κ3) is 8.80. The molecule has 6 nitrogen and oxygen atoms in total. The fraction of sp³-hybridized carbons (Fsp3) is 0.395. The van der Waals surface area contributed by atoms with Gasteiger partial charge in [0.25, 0.3) is 10.1 Å². The molecular weight excluding hydrogens is 641 g/mol. The number of H-pyrrole nitrogens is 1. The monoisotopic (exact) mass is 690 g/mol. The normalized spacial score (nSPS) is 16.0. The molecule has 1 heterocycles. The number of carbonyl (C=O) groups excluding carboxylic acids is 1. The van der Waals surface area contributed by atoms with Crippen LogP contribution in [0.5, 0.6) is 0 Å². The molecule has 1 fully saturated rings. The molecule has 262 valence electrons. The third-order valence-electron chi connectivity index (χ3n) is 10.6. The fourth-order valence-corrected chi connectivity index (χ4v) is 7.77. The van der Waals surface area contributed by atoms with Crippen LogP contribution in [0.1, 0.15) is 123 Å². The van der Waals surface area contributed by atoms with Crippen LogP contribution in [0.3, 0.4) is 0 Å². The number of hydrogen-bond donors (Lipinski definition) is 2. The number of nitrogens with zero attached hydrogens (tertiary/aromatic N) is 1. The molecule has 0 amide bonds. The SMILES string of the molecule is CC1(C)CCC(c2ccc3nc(C(Cc4ccc(C(=O)CCCS(=O)(=O)O)cc4)c4ccc(-c5ccc(C(C)(C)C)cc5)cc4)[nH]c3c2)CC1. The number of hydrogen-bond acceptors (Lipinski definition) is 4. The van der Waals surface area contributed by atoms with E-state index in [4.69, 9.17) is 9.54 Å². The Labute approximate surface area is 297 Å². The van der Waals surface area contributed by atoms with Gasteiger partial charge in [-0.2, -0.15) is 8.42 Å². The Hall–Kier alpha value is -4.07. The Morgan fingerprint density at radius 2 is 1.52 bits per heavy atom. The van der Waals surface area contributed by atoms with Gasteiger partial charge in [-0.25, -0.2) is 4.98 Å². The van der Waals surface area contributed by atoms with Crippen molar-refractivity contribution >= 4 is 26.9 Å². The summed E-state index contributed by atoms with van der Waals surface area (Å²) >= 11 is 0. The maximum absolute atomic E-state index is 12.7. The van der Waals surface area contributed by atoms with Crippen LogP contribution in [-0.4, -0.2) is 34.5 Å². The van der Waals surface area contributed by atoms with Crippen molar-refractivity contribution in [2.45, 2.75) is 96.8 Å². The molecule has 1 unspecified atom stereocenters. The van der Waals surface area contributed by atoms with E-state index in [0.717, 1.165) is 33.5 Å². The van der Waals surface area contributed by atoms with Crippen LogP contribution in [0, 0.1) is 5.41 Å². The summed E-state index contributed by atoms with van der Waals surface area (Å²) in [6, 6.07) is 31.9. The number of Topliss-reactive ketones (excluding diaryl/α,β-unsaturated/α-hetero) is 1. The van der Waals surface area contributed by atoms with Crippen LogP contribution in [0.2, 0.25) is 0 Å². The summed E-state index contributed by atoms with van der Waals surface area (Å²) in [4.78, 5) is 21.5. The van der Waals surface area contributed by atoms with Crippen molar-refractivity contribution in [2.24, 2.45) is 5.41 Å². The van der Waals surface area contributed by atoms with E-state index in [1.165, 1.54) is 42.4 Å². The van der Waals surface area contributed by atoms with E-state index in [-0.39, 0.29) is 30.0 Å². The fourth-order valence-electron chi connectivity index (χ4n) is 7.26. The van der Waals surface area contributed by atoms with E-state index in [9.17, 15) is 13.2 Å². The lowest BCUT2D eigenvalue weighted by molar-refractivity contribution is 0.0982. The molecule has 1 aliphatic rings. The predicted molar refractivity (Wildman–Crippen MR) is 204 cm³/mol. The van der Waals surface area contributed by atoms with Gasteiger partial charge >= 0.3 is 0 Å². The largest absolute Gasteiger partial charge is 0.341 e. The lowest BCUT2D eigenvalue weighted by atomic mass is 9.71. The molecule has 5 aromatic rings. The van der Waals surface area contributed by atoms with Crippen LogP contribution in [0.4, 0.5) is 0 Å². The minimum atomic E-state index is -4.08. The van der Waals surface area contributed by atoms with Crippen LogP contribution in [-0.2, 0) is 22.0 Å². The molecule has 0 saturated heterocycles. The number of ketones is 1. The van der Waals surface area contributed by atoms with Crippen LogP contribution in [0.15, 0.2) is 91.0 Å². The van der Waals surface area contributed by atoms with E-state index in [2.05, 4.69) is 106 Å². The average Bonchev–Trinajstić information content (AvgIpc) is 3.50. The Morgan fingerprint density at radius 1 is 0.900 bits per heavy atom. The highest BCUT2D eigenvalue weighted by atomic mass is 32.2. The minimum Gasteiger partial charge on any atom is -0.341 e. The summed E-state index contributed by atoms with van der Waals surface area (Å²) in [5.41, 5.74) is 10.3. The van der Waals surface area contributed by atoms with Gasteiger partial charge in [-0.15, -0.1) is 0 Å². The Bertz CT molecular complexity index is 2040. The molecule has 4 aromatic carbocycles. The van der Waals surface area contributed by atoms with Crippen LogP contribution >= 0.6 is 0 Å². The summed E-state index contributed by atoms with van der Waals surface area (Å²) in [6.07, 6.45) is 5.76. The van der Waals surface area contributed by atoms with E-state index < -0.39 is 15.9 Å². The molecule has 6 rings (SSSR count). The molecule has 1 atom stereocenters. The van der Waals surface area contributed by atoms with Crippen molar-refractivity contribution in [1.82, 2.24) is 9.97 Å². The van der Waals surface area contributed by atoms with Crippen molar-refractivity contribution in [3.63, 3.8) is 0 Å². The van der Waals surface area contributed by atoms with E-state index >= 15 is 0 Å². The van der Waals surface area contributed by atoms with Gasteiger partial charge in [-0.05, 0) is 101 Å². The van der Waals surface area contributed by atoms with Crippen molar-refractivity contribution in [2.75, 3.05) is 5.75 Å². The first kappa shape index (κ1) is 35.7. The Balaban J connectivity index is 1.27. The number of imidazole rings is 1. The predicted octanol–water partition coefficient (Wildman–Crippen LogP) is 10.4. The highest BCUT2D eigenvalue weighted by molar-refractivity contribution is 7.85. The molecule has 1 aliphatic carbocycles. The van der Waals surface area contributed by atoms with Gasteiger partial charge in [0.1, 0.15) is 5.82 Å². The molecule has 1 saturated carbocycles. The lowest BCUT2D eigenvalue weighted by Gasteiger charge is -2.34. The van der Waals surface area contributed by atoms with Crippen molar-refractivity contribution in [3.8, 4) is 11.1 Å². The number of carbonyl (C=O) groups is 1. The second kappa shape index (κ2) is 14.3. The van der Waals surface area contributed by atoms with Crippen LogP contribution in [0.25, 0.3) is 22.2 Å². The number of nitrogens with one attached hydrogen (secondary N) is 1. The zero-order chi connectivity index (χ0) is 35.7. The first-order valence-electron chi connectivity index (χ1n) is 17.9. The van der Waals surface area contributed by atoms with Gasteiger partial charge in [0, 0.05) is 17.9 Å². The number of aromatic amines is 1. The van der Waals surface area contributed by atoms with Gasteiger partial charge < -0.3 is 4.98 Å². The highest BCUT2D eigenvalue weighted by Gasteiger charge is 2.28. The summed E-state index contributed by atoms with van der Waals surface area (Å²) in [5, 5.41) is 0. The number of fused-ring (bicyclic) bond motifs is 1. The topological polar surface area (TPSA) is 100 Å². The maximum Gasteiger partial charge on any atom is 0.264 e. The maximum atomic E-state index is 12.7. The van der Waals surface area contributed by atoms with Gasteiger partial charge in [-0.1, -0.05) is 113 Å². The molecular formula is C43H50N2O4S. The van der Waals surface area contributed by atoms with Crippen molar-refractivity contribution in [3.05, 3.63) is 125 Å². The van der Waals surface area contributed by atoms with Gasteiger partial charge in [0.2, 0.25) is 0 Å². The van der Waals surface area contributed by atoms with Gasteiger partial charge in [0.05, 0.1) is 16.8 Å². The molecule has 50 heavy (non-hydrogen) atoms. The Kier molecular flexibility index (Phi) is 10.2. The first-order valence-corrected chi connectivity index (χ1v) is 19.5.